The first-order chi connectivity index (χ1) is 13.6. The molecule has 2 aromatic rings. The average molecular weight is 419 g/mol. The fraction of sp³-hybridized carbons (Fsp3) is 0.364. The van der Waals surface area contributed by atoms with Crippen LogP contribution in [0.3, 0.4) is 0 Å². The third-order valence-corrected chi connectivity index (χ3v) is 5.55. The molecule has 0 aliphatic carbocycles. The smallest absolute Gasteiger partial charge is 0.255 e. The van der Waals surface area contributed by atoms with Crippen LogP contribution in [0, 0.1) is 5.82 Å². The quantitative estimate of drug-likeness (QED) is 0.742. The Labute approximate surface area is 174 Å². The zero-order chi connectivity index (χ0) is 21.3. The monoisotopic (exact) mass is 418 g/mol. The van der Waals surface area contributed by atoms with Gasteiger partial charge in [0, 0.05) is 17.6 Å². The molecule has 0 unspecified atom stereocenters. The summed E-state index contributed by atoms with van der Waals surface area (Å²) in [5.41, 5.74) is 0.976. The van der Waals surface area contributed by atoms with E-state index < -0.39 is 17.9 Å². The molecule has 1 amide bonds. The molecule has 1 atom stereocenters. The maximum Gasteiger partial charge on any atom is 0.255 e. The summed E-state index contributed by atoms with van der Waals surface area (Å²) < 4.78 is 19.2. The first-order valence-corrected chi connectivity index (χ1v) is 9.77. The van der Waals surface area contributed by atoms with Gasteiger partial charge in [-0.3, -0.25) is 4.79 Å². The average Bonchev–Trinajstić information content (AvgIpc) is 3.01. The molecule has 0 N–H and O–H groups in total. The van der Waals surface area contributed by atoms with Crippen LogP contribution in [0.1, 0.15) is 44.0 Å². The van der Waals surface area contributed by atoms with E-state index in [9.17, 15) is 19.1 Å². The van der Waals surface area contributed by atoms with E-state index in [2.05, 4.69) is 0 Å². The summed E-state index contributed by atoms with van der Waals surface area (Å²) in [6, 6.07) is 8.57. The highest BCUT2D eigenvalue weighted by Crippen LogP contribution is 2.36. The van der Waals surface area contributed by atoms with E-state index in [0.29, 0.717) is 23.2 Å². The minimum Gasteiger partial charge on any atom is -0.546 e. The highest BCUT2D eigenvalue weighted by molar-refractivity contribution is 6.34. The third kappa shape index (κ3) is 4.37. The number of ether oxygens (including phenoxy) is 1. The van der Waals surface area contributed by atoms with Crippen LogP contribution in [-0.2, 0) is 4.79 Å². The van der Waals surface area contributed by atoms with Gasteiger partial charge in [-0.1, -0.05) is 17.7 Å². The second-order valence-electron chi connectivity index (χ2n) is 7.79. The summed E-state index contributed by atoms with van der Waals surface area (Å²) in [5.74, 6) is -1.86. The normalized spacial score (nSPS) is 16.5. The van der Waals surface area contributed by atoms with Crippen molar-refractivity contribution < 1.29 is 23.8 Å². The molecule has 1 fully saturated rings. The summed E-state index contributed by atoms with van der Waals surface area (Å²) in [6.07, 6.45) is 0.650. The Kier molecular flexibility index (Phi) is 5.85. The molecule has 29 heavy (non-hydrogen) atoms. The van der Waals surface area contributed by atoms with Crippen molar-refractivity contribution in [2.24, 2.45) is 0 Å². The lowest BCUT2D eigenvalue weighted by atomic mass is 9.99. The largest absolute Gasteiger partial charge is 0.546 e. The fourth-order valence-electron chi connectivity index (χ4n) is 3.55. The van der Waals surface area contributed by atoms with Gasteiger partial charge in [0.2, 0.25) is 0 Å². The Balaban J connectivity index is 1.96. The van der Waals surface area contributed by atoms with Gasteiger partial charge >= 0.3 is 0 Å². The Bertz CT molecular complexity index is 960. The molecule has 5 nitrogen and oxygen atoms in total. The van der Waals surface area contributed by atoms with E-state index in [1.54, 1.807) is 18.2 Å². The number of amides is 1. The number of hydrogen-bond acceptors (Lipinski definition) is 4. The molecule has 0 radical (unpaired) electrons. The number of carboxylic acid groups (broad SMARTS) is 1. The van der Waals surface area contributed by atoms with Gasteiger partial charge in [-0.15, -0.1) is 0 Å². The molecule has 1 saturated heterocycles. The van der Waals surface area contributed by atoms with Gasteiger partial charge in [-0.2, -0.15) is 0 Å². The van der Waals surface area contributed by atoms with Crippen molar-refractivity contribution >= 4 is 23.5 Å². The molecule has 1 heterocycles. The molecule has 0 spiro atoms. The Morgan fingerprint density at radius 3 is 2.55 bits per heavy atom. The van der Waals surface area contributed by atoms with E-state index in [1.165, 1.54) is 25.1 Å². The topological polar surface area (TPSA) is 69.7 Å². The minimum absolute atomic E-state index is 0.148. The van der Waals surface area contributed by atoms with Gasteiger partial charge in [0.05, 0.1) is 16.6 Å². The SMILES string of the molecule is C[C@H](Oc1ccc(F)cc1-c1ccc(C(=O)N2CCCC2(C)C)c(Cl)c1)C(=O)[O-]. The van der Waals surface area contributed by atoms with Crippen LogP contribution in [-0.4, -0.2) is 35.0 Å². The highest BCUT2D eigenvalue weighted by atomic mass is 35.5. The summed E-state index contributed by atoms with van der Waals surface area (Å²) in [4.78, 5) is 25.8. The number of carboxylic acids is 1. The van der Waals surface area contributed by atoms with Crippen LogP contribution in [0.5, 0.6) is 5.75 Å². The van der Waals surface area contributed by atoms with Gasteiger partial charge in [0.1, 0.15) is 17.7 Å². The maximum atomic E-state index is 13.8. The standard InChI is InChI=1S/C22H23ClFNO4/c1-13(21(27)28)29-19-8-6-15(24)12-17(19)14-5-7-16(18(23)11-14)20(26)25-10-4-9-22(25,2)3/h5-8,11-13H,4,9-10H2,1-3H3,(H,27,28)/p-1/t13-/m0/s1. The summed E-state index contributed by atoms with van der Waals surface area (Å²) in [7, 11) is 0. The van der Waals surface area contributed by atoms with Crippen molar-refractivity contribution in [1.82, 2.24) is 4.90 Å². The van der Waals surface area contributed by atoms with Crippen molar-refractivity contribution in [2.75, 3.05) is 6.54 Å². The Morgan fingerprint density at radius 2 is 1.97 bits per heavy atom. The van der Waals surface area contributed by atoms with Crippen LogP contribution in [0.2, 0.25) is 5.02 Å². The highest BCUT2D eigenvalue weighted by Gasteiger charge is 2.36. The number of rotatable bonds is 5. The number of nitrogens with zero attached hydrogens (tertiary/aromatic N) is 1. The van der Waals surface area contributed by atoms with Crippen molar-refractivity contribution in [2.45, 2.75) is 45.3 Å². The number of carbonyl (C=O) groups excluding carboxylic acids is 2. The van der Waals surface area contributed by atoms with Gasteiger partial charge < -0.3 is 19.5 Å². The van der Waals surface area contributed by atoms with Crippen molar-refractivity contribution in [3.05, 3.63) is 52.8 Å². The predicted octanol–water partition coefficient (Wildman–Crippen LogP) is 3.68. The lowest BCUT2D eigenvalue weighted by Gasteiger charge is -2.32. The molecule has 1 aliphatic rings. The second-order valence-corrected chi connectivity index (χ2v) is 8.19. The second kappa shape index (κ2) is 8.03. The summed E-state index contributed by atoms with van der Waals surface area (Å²) in [6.45, 7) is 6.05. The summed E-state index contributed by atoms with van der Waals surface area (Å²) in [5, 5.41) is 11.2. The first-order valence-electron chi connectivity index (χ1n) is 9.39. The van der Waals surface area contributed by atoms with Crippen molar-refractivity contribution in [3.63, 3.8) is 0 Å². The molecule has 2 aromatic carbocycles. The minimum atomic E-state index is -1.38. The number of likely N-dealkylation sites (tertiary alicyclic amines) is 1. The molecule has 0 aromatic heterocycles. The van der Waals surface area contributed by atoms with Crippen LogP contribution in [0.4, 0.5) is 4.39 Å². The molecule has 0 saturated carbocycles. The van der Waals surface area contributed by atoms with E-state index in [4.69, 9.17) is 16.3 Å². The van der Waals surface area contributed by atoms with Crippen LogP contribution < -0.4 is 9.84 Å². The third-order valence-electron chi connectivity index (χ3n) is 5.23. The molecule has 154 valence electrons. The molecule has 7 heteroatoms. The molecule has 1 aliphatic heterocycles. The van der Waals surface area contributed by atoms with E-state index in [0.717, 1.165) is 12.8 Å². The van der Waals surface area contributed by atoms with Crippen LogP contribution in [0.15, 0.2) is 36.4 Å². The van der Waals surface area contributed by atoms with Crippen molar-refractivity contribution in [1.29, 1.82) is 0 Å². The number of halogens is 2. The molecular formula is C22H22ClFNO4-. The van der Waals surface area contributed by atoms with Crippen LogP contribution in [0.25, 0.3) is 11.1 Å². The number of hydrogen-bond donors (Lipinski definition) is 0. The number of carbonyl (C=O) groups is 2. The van der Waals surface area contributed by atoms with E-state index in [-0.39, 0.29) is 22.2 Å². The Hall–Kier alpha value is -2.60. The van der Waals surface area contributed by atoms with Gasteiger partial charge in [-0.05, 0) is 69.5 Å². The van der Waals surface area contributed by atoms with Gasteiger partial charge in [0.15, 0.2) is 0 Å². The Morgan fingerprint density at radius 1 is 1.24 bits per heavy atom. The zero-order valence-electron chi connectivity index (χ0n) is 16.5. The maximum absolute atomic E-state index is 13.8. The number of benzene rings is 2. The van der Waals surface area contributed by atoms with Crippen LogP contribution >= 0.6 is 11.6 Å². The fourth-order valence-corrected chi connectivity index (χ4v) is 3.82. The lowest BCUT2D eigenvalue weighted by Crippen LogP contribution is -2.42. The van der Waals surface area contributed by atoms with E-state index >= 15 is 0 Å². The zero-order valence-corrected chi connectivity index (χ0v) is 17.3. The lowest BCUT2D eigenvalue weighted by molar-refractivity contribution is -0.312. The van der Waals surface area contributed by atoms with Gasteiger partial charge in [0.25, 0.3) is 5.91 Å². The predicted molar refractivity (Wildman–Crippen MR) is 106 cm³/mol. The number of aliphatic carboxylic acids is 1. The molecule has 3 rings (SSSR count). The van der Waals surface area contributed by atoms with Crippen molar-refractivity contribution in [3.8, 4) is 16.9 Å². The molecule has 0 bridgehead atoms. The first kappa shape index (κ1) is 21.1. The molecular weight excluding hydrogens is 397 g/mol. The van der Waals surface area contributed by atoms with E-state index in [1.807, 2.05) is 18.7 Å². The summed E-state index contributed by atoms with van der Waals surface area (Å²) >= 11 is 6.41. The van der Waals surface area contributed by atoms with Gasteiger partial charge in [-0.25, -0.2) is 4.39 Å².